The Labute approximate surface area is 202 Å². The fourth-order valence-electron chi connectivity index (χ4n) is 5.07. The molecule has 0 spiro atoms. The van der Waals surface area contributed by atoms with Gasteiger partial charge >= 0.3 is 0 Å². The molecule has 0 bridgehead atoms. The van der Waals surface area contributed by atoms with Crippen LogP contribution in [0.2, 0.25) is 0 Å². The normalized spacial score (nSPS) is 17.0. The molecule has 4 heterocycles. The first-order valence-corrected chi connectivity index (χ1v) is 13.9. The van der Waals surface area contributed by atoms with Gasteiger partial charge in [-0.1, -0.05) is 20.3 Å². The molecule has 0 radical (unpaired) electrons. The molecule has 1 amide bonds. The Morgan fingerprint density at radius 1 is 1.12 bits per heavy atom. The molecule has 5 rings (SSSR count). The van der Waals surface area contributed by atoms with E-state index in [4.69, 9.17) is 4.98 Å². The van der Waals surface area contributed by atoms with Crippen LogP contribution >= 0.6 is 22.7 Å². The summed E-state index contributed by atoms with van der Waals surface area (Å²) >= 11 is 3.37. The predicted octanol–water partition coefficient (Wildman–Crippen LogP) is 4.40. The van der Waals surface area contributed by atoms with Gasteiger partial charge in [0.1, 0.15) is 10.7 Å². The Bertz CT molecular complexity index is 1220. The van der Waals surface area contributed by atoms with E-state index in [2.05, 4.69) is 29.8 Å². The third-order valence-corrected chi connectivity index (χ3v) is 9.28. The molecule has 0 atom stereocenters. The van der Waals surface area contributed by atoms with Crippen molar-refractivity contribution < 1.29 is 4.79 Å². The van der Waals surface area contributed by atoms with Crippen LogP contribution in [0.5, 0.6) is 0 Å². The molecular formula is C25H32N4O2S2. The van der Waals surface area contributed by atoms with Crippen LogP contribution in [0.1, 0.15) is 69.5 Å². The van der Waals surface area contributed by atoms with Gasteiger partial charge in [0.05, 0.1) is 16.8 Å². The molecule has 8 heteroatoms. The molecule has 176 valence electrons. The largest absolute Gasteiger partial charge is 0.335 e. The van der Waals surface area contributed by atoms with Crippen LogP contribution in [0.3, 0.4) is 0 Å². The van der Waals surface area contributed by atoms with E-state index >= 15 is 0 Å². The second-order valence-electron chi connectivity index (χ2n) is 9.13. The van der Waals surface area contributed by atoms with E-state index in [-0.39, 0.29) is 11.5 Å². The molecule has 1 fully saturated rings. The highest BCUT2D eigenvalue weighted by Crippen LogP contribution is 2.33. The summed E-state index contributed by atoms with van der Waals surface area (Å²) in [6.07, 6.45) is 7.58. The second kappa shape index (κ2) is 9.68. The number of piperazine rings is 1. The van der Waals surface area contributed by atoms with Crippen molar-refractivity contribution >= 4 is 38.8 Å². The quantitative estimate of drug-likeness (QED) is 0.563. The standard InChI is InChI=1S/C25H32N4O2S2/c1-3-7-18-16(4-2)14-20(32-18)25(31)29-12-10-28(11-13-29)15-21-26-23(30)22-17-8-5-6-9-19(17)33-24(22)27-21/h14H,3-13,15H2,1-2H3,(H,26,27,30). The molecular weight excluding hydrogens is 452 g/mol. The van der Waals surface area contributed by atoms with Crippen molar-refractivity contribution in [1.29, 1.82) is 0 Å². The molecule has 1 N–H and O–H groups in total. The van der Waals surface area contributed by atoms with Gasteiger partial charge in [-0.25, -0.2) is 4.98 Å². The summed E-state index contributed by atoms with van der Waals surface area (Å²) in [4.78, 5) is 42.5. The number of hydrogen-bond donors (Lipinski definition) is 1. The Kier molecular flexibility index (Phi) is 6.67. The minimum absolute atomic E-state index is 0.00974. The summed E-state index contributed by atoms with van der Waals surface area (Å²) in [6.45, 7) is 7.98. The van der Waals surface area contributed by atoms with Crippen LogP contribution in [-0.4, -0.2) is 51.9 Å². The maximum atomic E-state index is 13.1. The molecule has 6 nitrogen and oxygen atoms in total. The van der Waals surface area contributed by atoms with E-state index in [0.717, 1.165) is 72.5 Å². The lowest BCUT2D eigenvalue weighted by Gasteiger charge is -2.34. The van der Waals surface area contributed by atoms with Crippen LogP contribution in [0, 0.1) is 0 Å². The Morgan fingerprint density at radius 3 is 2.67 bits per heavy atom. The lowest BCUT2D eigenvalue weighted by molar-refractivity contribution is 0.0630. The highest BCUT2D eigenvalue weighted by atomic mass is 32.1. The van der Waals surface area contributed by atoms with Gasteiger partial charge in [0.25, 0.3) is 11.5 Å². The number of carbonyl (C=O) groups is 1. The zero-order chi connectivity index (χ0) is 22.9. The number of fused-ring (bicyclic) bond motifs is 3. The summed E-state index contributed by atoms with van der Waals surface area (Å²) in [5.41, 5.74) is 2.57. The molecule has 2 aliphatic rings. The molecule has 0 unspecified atom stereocenters. The van der Waals surface area contributed by atoms with Gasteiger partial charge in [-0.2, -0.15) is 0 Å². The number of rotatable bonds is 6. The minimum Gasteiger partial charge on any atom is -0.335 e. The van der Waals surface area contributed by atoms with Crippen LogP contribution in [0.15, 0.2) is 10.9 Å². The number of H-pyrrole nitrogens is 1. The summed E-state index contributed by atoms with van der Waals surface area (Å²) in [5.74, 6) is 0.898. The lowest BCUT2D eigenvalue weighted by Crippen LogP contribution is -2.48. The van der Waals surface area contributed by atoms with Crippen LogP contribution < -0.4 is 5.56 Å². The highest BCUT2D eigenvalue weighted by molar-refractivity contribution is 7.18. The van der Waals surface area contributed by atoms with Gasteiger partial charge in [-0.05, 0) is 55.7 Å². The zero-order valence-electron chi connectivity index (χ0n) is 19.5. The van der Waals surface area contributed by atoms with Crippen LogP contribution in [0.25, 0.3) is 10.2 Å². The highest BCUT2D eigenvalue weighted by Gasteiger charge is 2.25. The number of thiophene rings is 2. The third-order valence-electron chi connectivity index (χ3n) is 6.87. The monoisotopic (exact) mass is 484 g/mol. The van der Waals surface area contributed by atoms with E-state index < -0.39 is 0 Å². The maximum absolute atomic E-state index is 13.1. The lowest BCUT2D eigenvalue weighted by atomic mass is 9.97. The van der Waals surface area contributed by atoms with Gasteiger partial charge in [0.15, 0.2) is 0 Å². The average Bonchev–Trinajstić information content (AvgIpc) is 3.40. The summed E-state index contributed by atoms with van der Waals surface area (Å²) < 4.78 is 0. The van der Waals surface area contributed by atoms with Gasteiger partial charge < -0.3 is 9.88 Å². The van der Waals surface area contributed by atoms with Crippen molar-refractivity contribution in [2.75, 3.05) is 26.2 Å². The van der Waals surface area contributed by atoms with E-state index in [1.807, 2.05) is 4.90 Å². The zero-order valence-corrected chi connectivity index (χ0v) is 21.2. The summed E-state index contributed by atoms with van der Waals surface area (Å²) in [5, 5.41) is 0.818. The molecule has 3 aromatic heterocycles. The first kappa shape index (κ1) is 22.7. The van der Waals surface area contributed by atoms with Crippen molar-refractivity contribution in [2.24, 2.45) is 0 Å². The molecule has 1 saturated heterocycles. The van der Waals surface area contributed by atoms with Gasteiger partial charge in [0, 0.05) is 35.9 Å². The number of carbonyl (C=O) groups excluding carboxylic acids is 1. The third kappa shape index (κ3) is 4.53. The van der Waals surface area contributed by atoms with E-state index in [0.29, 0.717) is 19.6 Å². The van der Waals surface area contributed by atoms with E-state index in [9.17, 15) is 9.59 Å². The average molecular weight is 485 g/mol. The molecule has 1 aliphatic carbocycles. The molecule has 3 aromatic rings. The number of amides is 1. The molecule has 33 heavy (non-hydrogen) atoms. The number of aromatic nitrogens is 2. The number of nitrogens with one attached hydrogen (secondary N) is 1. The first-order valence-electron chi connectivity index (χ1n) is 12.2. The van der Waals surface area contributed by atoms with Gasteiger partial charge in [-0.15, -0.1) is 22.7 Å². The second-order valence-corrected chi connectivity index (χ2v) is 11.4. The number of nitrogens with zero attached hydrogens (tertiary/aromatic N) is 3. The van der Waals surface area contributed by atoms with Crippen molar-refractivity contribution in [1.82, 2.24) is 19.8 Å². The molecule has 0 saturated carbocycles. The fraction of sp³-hybridized carbons (Fsp3) is 0.560. The summed E-state index contributed by atoms with van der Waals surface area (Å²) in [7, 11) is 0. The van der Waals surface area contributed by atoms with Gasteiger partial charge in [0.2, 0.25) is 0 Å². The number of hydrogen-bond acceptors (Lipinski definition) is 6. The van der Waals surface area contributed by atoms with Crippen molar-refractivity contribution in [3.63, 3.8) is 0 Å². The van der Waals surface area contributed by atoms with Gasteiger partial charge in [-0.3, -0.25) is 14.5 Å². The Balaban J connectivity index is 1.24. The van der Waals surface area contributed by atoms with Crippen LogP contribution in [-0.2, 0) is 32.2 Å². The van der Waals surface area contributed by atoms with Crippen molar-refractivity contribution in [2.45, 2.75) is 65.3 Å². The maximum Gasteiger partial charge on any atom is 0.264 e. The number of aryl methyl sites for hydroxylation is 4. The fourth-order valence-corrected chi connectivity index (χ4v) is 7.67. The van der Waals surface area contributed by atoms with E-state index in [1.165, 1.54) is 27.3 Å². The SMILES string of the molecule is CCCc1sc(C(=O)N2CCN(Cc3nc4sc5c(c4c(=O)[nH]3)CCCC5)CC2)cc1CC. The smallest absolute Gasteiger partial charge is 0.264 e. The first-order chi connectivity index (χ1) is 16.1. The van der Waals surface area contributed by atoms with E-state index in [1.54, 1.807) is 22.7 Å². The minimum atomic E-state index is 0.00974. The molecule has 0 aromatic carbocycles. The Hall–Kier alpha value is -2.03. The predicted molar refractivity (Wildman–Crippen MR) is 136 cm³/mol. The Morgan fingerprint density at radius 2 is 1.91 bits per heavy atom. The number of aromatic amines is 1. The topological polar surface area (TPSA) is 69.3 Å². The van der Waals surface area contributed by atoms with Crippen molar-refractivity contribution in [3.8, 4) is 0 Å². The van der Waals surface area contributed by atoms with Crippen LogP contribution in [0.4, 0.5) is 0 Å². The molecule has 1 aliphatic heterocycles. The summed E-state index contributed by atoms with van der Waals surface area (Å²) in [6, 6.07) is 2.11. The van der Waals surface area contributed by atoms with Crippen molar-refractivity contribution in [3.05, 3.63) is 48.0 Å².